The van der Waals surface area contributed by atoms with Crippen LogP contribution in [0.15, 0.2) is 29.1 Å². The average molecular weight is 246 g/mol. The van der Waals surface area contributed by atoms with Gasteiger partial charge in [0.2, 0.25) is 0 Å². The van der Waals surface area contributed by atoms with E-state index in [1.165, 1.54) is 0 Å². The van der Waals surface area contributed by atoms with Crippen LogP contribution in [0.5, 0.6) is 5.75 Å². The number of aromatic nitrogens is 2. The van der Waals surface area contributed by atoms with Crippen molar-refractivity contribution in [1.29, 1.82) is 0 Å². The molecule has 0 atom stereocenters. The Hall–Kier alpha value is -2.14. The molecule has 0 aliphatic carbocycles. The molecule has 5 nitrogen and oxygen atoms in total. The zero-order valence-corrected chi connectivity index (χ0v) is 10.2. The highest BCUT2D eigenvalue weighted by molar-refractivity contribution is 5.68. The highest BCUT2D eigenvalue weighted by Gasteiger charge is 2.10. The number of hydrogen-bond acceptors (Lipinski definition) is 4. The summed E-state index contributed by atoms with van der Waals surface area (Å²) in [4.78, 5) is 11.3. The summed E-state index contributed by atoms with van der Waals surface area (Å²) >= 11 is 0. The molecule has 18 heavy (non-hydrogen) atoms. The van der Waals surface area contributed by atoms with Gasteiger partial charge < -0.3 is 9.84 Å². The molecule has 1 heterocycles. The van der Waals surface area contributed by atoms with Gasteiger partial charge in [0.05, 0.1) is 19.4 Å². The largest absolute Gasteiger partial charge is 0.496 e. The summed E-state index contributed by atoms with van der Waals surface area (Å²) in [6.45, 7) is 1.64. The Labute approximate surface area is 104 Å². The first kappa shape index (κ1) is 12.3. The van der Waals surface area contributed by atoms with E-state index in [1.54, 1.807) is 13.2 Å². The summed E-state index contributed by atoms with van der Waals surface area (Å²) in [5.74, 6) is 0.670. The first-order valence-corrected chi connectivity index (χ1v) is 5.50. The summed E-state index contributed by atoms with van der Waals surface area (Å²) in [6, 6.07) is 7.26. The Kier molecular flexibility index (Phi) is 3.43. The third-order valence-corrected chi connectivity index (χ3v) is 2.68. The van der Waals surface area contributed by atoms with Crippen molar-refractivity contribution in [3.8, 4) is 17.0 Å². The van der Waals surface area contributed by atoms with Gasteiger partial charge in [-0.3, -0.25) is 4.79 Å². The van der Waals surface area contributed by atoms with E-state index in [9.17, 15) is 4.79 Å². The summed E-state index contributed by atoms with van der Waals surface area (Å²) in [7, 11) is 1.58. The maximum absolute atomic E-state index is 11.3. The van der Waals surface area contributed by atoms with Crippen molar-refractivity contribution in [3.05, 3.63) is 45.7 Å². The summed E-state index contributed by atoms with van der Waals surface area (Å²) < 4.78 is 5.26. The van der Waals surface area contributed by atoms with Crippen molar-refractivity contribution in [2.45, 2.75) is 13.5 Å². The van der Waals surface area contributed by atoms with Gasteiger partial charge >= 0.3 is 0 Å². The molecular weight excluding hydrogens is 232 g/mol. The standard InChI is InChI=1S/C13H14N2O3/c1-8-3-4-12(18-2)10(5-8)11-6-9(7-16)13(17)15-14-11/h3-6,16H,7H2,1-2H3,(H,15,17). The Bertz CT molecular complexity index is 620. The van der Waals surface area contributed by atoms with Gasteiger partial charge in [0.1, 0.15) is 5.75 Å². The lowest BCUT2D eigenvalue weighted by Crippen LogP contribution is -2.14. The van der Waals surface area contributed by atoms with Crippen LogP contribution in [0, 0.1) is 6.92 Å². The molecule has 0 unspecified atom stereocenters. The number of methoxy groups -OCH3 is 1. The molecular formula is C13H14N2O3. The molecule has 0 saturated carbocycles. The molecule has 0 bridgehead atoms. The second kappa shape index (κ2) is 5.01. The molecule has 0 aliphatic heterocycles. The predicted octanol–water partition coefficient (Wildman–Crippen LogP) is 1.25. The Morgan fingerprint density at radius 2 is 2.17 bits per heavy atom. The van der Waals surface area contributed by atoms with Crippen molar-refractivity contribution in [3.63, 3.8) is 0 Å². The van der Waals surface area contributed by atoms with Crippen molar-refractivity contribution < 1.29 is 9.84 Å². The normalized spacial score (nSPS) is 10.4. The van der Waals surface area contributed by atoms with Crippen molar-refractivity contribution in [2.75, 3.05) is 7.11 Å². The van der Waals surface area contributed by atoms with Crippen LogP contribution in [-0.2, 0) is 6.61 Å². The number of aliphatic hydroxyl groups excluding tert-OH is 1. The van der Waals surface area contributed by atoms with E-state index in [4.69, 9.17) is 9.84 Å². The van der Waals surface area contributed by atoms with Crippen molar-refractivity contribution >= 4 is 0 Å². The van der Waals surface area contributed by atoms with Gasteiger partial charge in [-0.1, -0.05) is 11.6 Å². The average Bonchev–Trinajstić information content (AvgIpc) is 2.39. The molecule has 94 valence electrons. The van der Waals surface area contributed by atoms with Crippen LogP contribution >= 0.6 is 0 Å². The van der Waals surface area contributed by atoms with Gasteiger partial charge in [-0.2, -0.15) is 5.10 Å². The Balaban J connectivity index is 2.61. The Morgan fingerprint density at radius 1 is 1.39 bits per heavy atom. The van der Waals surface area contributed by atoms with Gasteiger partial charge in [-0.25, -0.2) is 5.10 Å². The van der Waals surface area contributed by atoms with Crippen molar-refractivity contribution in [1.82, 2.24) is 10.2 Å². The van der Waals surface area contributed by atoms with E-state index in [0.29, 0.717) is 11.4 Å². The predicted molar refractivity (Wildman–Crippen MR) is 67.5 cm³/mol. The summed E-state index contributed by atoms with van der Waals surface area (Å²) in [6.07, 6.45) is 0. The van der Waals surface area contributed by atoms with E-state index < -0.39 is 0 Å². The minimum Gasteiger partial charge on any atom is -0.496 e. The number of H-pyrrole nitrogens is 1. The fourth-order valence-corrected chi connectivity index (χ4v) is 1.72. The van der Waals surface area contributed by atoms with Crippen molar-refractivity contribution in [2.24, 2.45) is 0 Å². The number of aliphatic hydroxyl groups is 1. The molecule has 0 spiro atoms. The van der Waals surface area contributed by atoms with Gasteiger partial charge in [-0.05, 0) is 25.1 Å². The third kappa shape index (κ3) is 2.26. The number of nitrogens with zero attached hydrogens (tertiary/aromatic N) is 1. The maximum Gasteiger partial charge on any atom is 0.269 e. The van der Waals surface area contributed by atoms with Crippen LogP contribution < -0.4 is 10.3 Å². The number of aryl methyl sites for hydroxylation is 1. The fraction of sp³-hybridized carbons (Fsp3) is 0.231. The number of ether oxygens (including phenoxy) is 1. The lowest BCUT2D eigenvalue weighted by Gasteiger charge is -2.09. The quantitative estimate of drug-likeness (QED) is 0.854. The zero-order valence-electron chi connectivity index (χ0n) is 10.2. The molecule has 0 amide bonds. The number of nitrogens with one attached hydrogen (secondary N) is 1. The lowest BCUT2D eigenvalue weighted by atomic mass is 10.1. The molecule has 5 heteroatoms. The molecule has 1 aromatic carbocycles. The van der Waals surface area contributed by atoms with E-state index in [2.05, 4.69) is 10.2 Å². The number of aromatic amines is 1. The number of benzene rings is 1. The Morgan fingerprint density at radius 3 is 2.83 bits per heavy atom. The molecule has 0 fully saturated rings. The fourth-order valence-electron chi connectivity index (χ4n) is 1.72. The minimum atomic E-state index is -0.382. The monoisotopic (exact) mass is 246 g/mol. The van der Waals surface area contributed by atoms with E-state index >= 15 is 0 Å². The third-order valence-electron chi connectivity index (χ3n) is 2.68. The topological polar surface area (TPSA) is 75.2 Å². The second-order valence-electron chi connectivity index (χ2n) is 3.97. The van der Waals surface area contributed by atoms with E-state index in [0.717, 1.165) is 11.1 Å². The van der Waals surface area contributed by atoms with Gasteiger partial charge in [0.25, 0.3) is 5.56 Å². The number of hydrogen-bond donors (Lipinski definition) is 2. The second-order valence-corrected chi connectivity index (χ2v) is 3.97. The van der Waals surface area contributed by atoms with Crippen LogP contribution in [0.2, 0.25) is 0 Å². The van der Waals surface area contributed by atoms with Gasteiger partial charge in [0, 0.05) is 11.1 Å². The molecule has 0 saturated heterocycles. The highest BCUT2D eigenvalue weighted by Crippen LogP contribution is 2.29. The smallest absolute Gasteiger partial charge is 0.269 e. The molecule has 0 aliphatic rings. The van der Waals surface area contributed by atoms with E-state index in [1.807, 2.05) is 25.1 Å². The van der Waals surface area contributed by atoms with Crippen LogP contribution in [0.4, 0.5) is 0 Å². The minimum absolute atomic E-state index is 0.281. The van der Waals surface area contributed by atoms with Crippen LogP contribution in [0.25, 0.3) is 11.3 Å². The van der Waals surface area contributed by atoms with Crippen LogP contribution in [0.3, 0.4) is 0 Å². The van der Waals surface area contributed by atoms with Crippen LogP contribution in [0.1, 0.15) is 11.1 Å². The number of rotatable bonds is 3. The van der Waals surface area contributed by atoms with Gasteiger partial charge in [-0.15, -0.1) is 0 Å². The SMILES string of the molecule is COc1ccc(C)cc1-c1cc(CO)c(=O)[nH]n1. The first-order chi connectivity index (χ1) is 8.65. The maximum atomic E-state index is 11.3. The molecule has 2 rings (SSSR count). The highest BCUT2D eigenvalue weighted by atomic mass is 16.5. The zero-order chi connectivity index (χ0) is 13.1. The lowest BCUT2D eigenvalue weighted by molar-refractivity contribution is 0.280. The molecule has 2 N–H and O–H groups in total. The van der Waals surface area contributed by atoms with E-state index in [-0.39, 0.29) is 17.7 Å². The molecule has 2 aromatic rings. The molecule has 1 aromatic heterocycles. The molecule has 0 radical (unpaired) electrons. The summed E-state index contributed by atoms with van der Waals surface area (Å²) in [5.41, 5.74) is 2.31. The summed E-state index contributed by atoms with van der Waals surface area (Å²) in [5, 5.41) is 15.4. The van der Waals surface area contributed by atoms with Crippen LogP contribution in [-0.4, -0.2) is 22.4 Å². The first-order valence-electron chi connectivity index (χ1n) is 5.50. The van der Waals surface area contributed by atoms with Gasteiger partial charge in [0.15, 0.2) is 0 Å².